The van der Waals surface area contributed by atoms with Crippen LogP contribution in [0.25, 0.3) is 0 Å². The predicted octanol–water partition coefficient (Wildman–Crippen LogP) is 2.12. The zero-order valence-electron chi connectivity index (χ0n) is 13.4. The number of hydrogen-bond donors (Lipinski definition) is 2. The SMILES string of the molecule is CC1CCN(CC(=O)NC(=O)NC2CCCCC2C)CC1. The van der Waals surface area contributed by atoms with Gasteiger partial charge >= 0.3 is 6.03 Å². The van der Waals surface area contributed by atoms with E-state index in [0.29, 0.717) is 12.5 Å². The van der Waals surface area contributed by atoms with E-state index in [0.717, 1.165) is 51.1 Å². The average Bonchev–Trinajstić information content (AvgIpc) is 2.44. The molecule has 5 heteroatoms. The Bertz CT molecular complexity index is 365. The van der Waals surface area contributed by atoms with E-state index in [4.69, 9.17) is 0 Å². The van der Waals surface area contributed by atoms with E-state index < -0.39 is 0 Å². The number of likely N-dealkylation sites (tertiary alicyclic amines) is 1. The molecule has 2 aliphatic rings. The smallest absolute Gasteiger partial charge is 0.321 e. The van der Waals surface area contributed by atoms with Crippen LogP contribution in [0.15, 0.2) is 0 Å². The number of hydrogen-bond acceptors (Lipinski definition) is 3. The second kappa shape index (κ2) is 7.78. The Morgan fingerprint density at radius 3 is 2.38 bits per heavy atom. The first-order valence-corrected chi connectivity index (χ1v) is 8.37. The molecule has 5 nitrogen and oxygen atoms in total. The molecule has 2 rings (SSSR count). The molecular weight excluding hydrogens is 266 g/mol. The van der Waals surface area contributed by atoms with Crippen molar-refractivity contribution >= 4 is 11.9 Å². The molecule has 2 atom stereocenters. The summed E-state index contributed by atoms with van der Waals surface area (Å²) in [6.07, 6.45) is 6.86. The molecule has 120 valence electrons. The average molecular weight is 295 g/mol. The molecule has 1 aliphatic heterocycles. The summed E-state index contributed by atoms with van der Waals surface area (Å²) in [6.45, 7) is 6.66. The largest absolute Gasteiger partial charge is 0.335 e. The maximum atomic E-state index is 11.9. The first-order valence-electron chi connectivity index (χ1n) is 8.37. The first-order chi connectivity index (χ1) is 10.0. The third-order valence-electron chi connectivity index (χ3n) is 4.92. The van der Waals surface area contributed by atoms with E-state index in [-0.39, 0.29) is 18.0 Å². The number of piperidine rings is 1. The van der Waals surface area contributed by atoms with Crippen LogP contribution in [-0.4, -0.2) is 42.5 Å². The summed E-state index contributed by atoms with van der Waals surface area (Å²) >= 11 is 0. The zero-order chi connectivity index (χ0) is 15.2. The molecule has 2 unspecified atom stereocenters. The third kappa shape index (κ3) is 5.30. The van der Waals surface area contributed by atoms with Gasteiger partial charge in [0.25, 0.3) is 0 Å². The monoisotopic (exact) mass is 295 g/mol. The van der Waals surface area contributed by atoms with E-state index in [1.807, 2.05) is 0 Å². The van der Waals surface area contributed by atoms with Crippen molar-refractivity contribution in [1.29, 1.82) is 0 Å². The highest BCUT2D eigenvalue weighted by atomic mass is 16.2. The van der Waals surface area contributed by atoms with Crippen LogP contribution in [0.4, 0.5) is 4.79 Å². The van der Waals surface area contributed by atoms with Crippen molar-refractivity contribution in [3.05, 3.63) is 0 Å². The number of amides is 3. The Balaban J connectivity index is 1.68. The van der Waals surface area contributed by atoms with Crippen molar-refractivity contribution in [1.82, 2.24) is 15.5 Å². The number of nitrogens with zero attached hydrogens (tertiary/aromatic N) is 1. The van der Waals surface area contributed by atoms with Crippen molar-refractivity contribution in [2.24, 2.45) is 11.8 Å². The molecule has 0 aromatic heterocycles. The van der Waals surface area contributed by atoms with Gasteiger partial charge in [-0.25, -0.2) is 4.79 Å². The summed E-state index contributed by atoms with van der Waals surface area (Å²) in [5.41, 5.74) is 0. The number of rotatable bonds is 3. The molecule has 1 heterocycles. The second-order valence-electron chi connectivity index (χ2n) is 6.85. The fourth-order valence-electron chi connectivity index (χ4n) is 3.32. The highest BCUT2D eigenvalue weighted by Gasteiger charge is 2.24. The Morgan fingerprint density at radius 2 is 1.71 bits per heavy atom. The first kappa shape index (κ1) is 16.3. The van der Waals surface area contributed by atoms with Crippen molar-refractivity contribution in [2.45, 2.75) is 58.4 Å². The van der Waals surface area contributed by atoms with E-state index in [1.165, 1.54) is 6.42 Å². The molecular formula is C16H29N3O2. The molecule has 3 amide bonds. The Morgan fingerprint density at radius 1 is 1.05 bits per heavy atom. The van der Waals surface area contributed by atoms with Crippen LogP contribution in [0.1, 0.15) is 52.4 Å². The fraction of sp³-hybridized carbons (Fsp3) is 0.875. The van der Waals surface area contributed by atoms with Gasteiger partial charge in [-0.3, -0.25) is 15.0 Å². The van der Waals surface area contributed by atoms with Crippen LogP contribution in [0.5, 0.6) is 0 Å². The van der Waals surface area contributed by atoms with Gasteiger partial charge in [-0.05, 0) is 50.6 Å². The lowest BCUT2D eigenvalue weighted by atomic mass is 9.86. The topological polar surface area (TPSA) is 61.4 Å². The molecule has 2 fully saturated rings. The molecule has 1 saturated carbocycles. The summed E-state index contributed by atoms with van der Waals surface area (Å²) in [4.78, 5) is 25.9. The minimum absolute atomic E-state index is 0.189. The van der Waals surface area contributed by atoms with Crippen LogP contribution in [0, 0.1) is 11.8 Å². The second-order valence-corrected chi connectivity index (χ2v) is 6.85. The molecule has 2 N–H and O–H groups in total. The minimum Gasteiger partial charge on any atom is -0.335 e. The van der Waals surface area contributed by atoms with Gasteiger partial charge in [0.15, 0.2) is 0 Å². The van der Waals surface area contributed by atoms with E-state index in [1.54, 1.807) is 0 Å². The van der Waals surface area contributed by atoms with E-state index in [2.05, 4.69) is 29.4 Å². The molecule has 0 aromatic rings. The summed E-state index contributed by atoms with van der Waals surface area (Å²) in [7, 11) is 0. The number of carbonyl (C=O) groups is 2. The van der Waals surface area contributed by atoms with Gasteiger partial charge in [0.2, 0.25) is 5.91 Å². The van der Waals surface area contributed by atoms with Crippen LogP contribution in [0.2, 0.25) is 0 Å². The fourth-order valence-corrected chi connectivity index (χ4v) is 3.32. The maximum Gasteiger partial charge on any atom is 0.321 e. The molecule has 1 aliphatic carbocycles. The lowest BCUT2D eigenvalue weighted by Crippen LogP contribution is -2.50. The Labute approximate surface area is 127 Å². The molecule has 0 bridgehead atoms. The number of imide groups is 1. The lowest BCUT2D eigenvalue weighted by molar-refractivity contribution is -0.121. The predicted molar refractivity (Wildman–Crippen MR) is 82.9 cm³/mol. The van der Waals surface area contributed by atoms with Gasteiger partial charge in [-0.1, -0.05) is 26.7 Å². The van der Waals surface area contributed by atoms with Gasteiger partial charge in [-0.2, -0.15) is 0 Å². The van der Waals surface area contributed by atoms with Crippen LogP contribution in [0.3, 0.4) is 0 Å². The van der Waals surface area contributed by atoms with Crippen LogP contribution < -0.4 is 10.6 Å². The van der Waals surface area contributed by atoms with Crippen LogP contribution >= 0.6 is 0 Å². The Kier molecular flexibility index (Phi) is 6.03. The van der Waals surface area contributed by atoms with Crippen molar-refractivity contribution in [3.63, 3.8) is 0 Å². The number of urea groups is 1. The molecule has 1 saturated heterocycles. The zero-order valence-corrected chi connectivity index (χ0v) is 13.4. The van der Waals surface area contributed by atoms with Gasteiger partial charge in [0.1, 0.15) is 0 Å². The maximum absolute atomic E-state index is 11.9. The van der Waals surface area contributed by atoms with Crippen LogP contribution in [-0.2, 0) is 4.79 Å². The third-order valence-corrected chi connectivity index (χ3v) is 4.92. The summed E-state index contributed by atoms with van der Waals surface area (Å²) in [6, 6.07) is -0.119. The van der Waals surface area contributed by atoms with Crippen molar-refractivity contribution < 1.29 is 9.59 Å². The molecule has 0 radical (unpaired) electrons. The highest BCUT2D eigenvalue weighted by molar-refractivity contribution is 5.95. The normalized spacial score (nSPS) is 28.1. The lowest BCUT2D eigenvalue weighted by Gasteiger charge is -2.30. The van der Waals surface area contributed by atoms with Gasteiger partial charge in [0, 0.05) is 6.04 Å². The minimum atomic E-state index is -0.330. The summed E-state index contributed by atoms with van der Waals surface area (Å²) in [5.74, 6) is 1.06. The number of carbonyl (C=O) groups excluding carboxylic acids is 2. The molecule has 0 aromatic carbocycles. The van der Waals surface area contributed by atoms with Crippen molar-refractivity contribution in [3.8, 4) is 0 Å². The highest BCUT2D eigenvalue weighted by Crippen LogP contribution is 2.23. The van der Waals surface area contributed by atoms with E-state index in [9.17, 15) is 9.59 Å². The van der Waals surface area contributed by atoms with Gasteiger partial charge < -0.3 is 5.32 Å². The van der Waals surface area contributed by atoms with E-state index >= 15 is 0 Å². The Hall–Kier alpha value is -1.10. The van der Waals surface area contributed by atoms with Crippen molar-refractivity contribution in [2.75, 3.05) is 19.6 Å². The molecule has 21 heavy (non-hydrogen) atoms. The summed E-state index contributed by atoms with van der Waals surface area (Å²) in [5, 5.41) is 5.43. The standard InChI is InChI=1S/C16H29N3O2/c1-12-7-9-19(10-8-12)11-15(20)18-16(21)17-14-6-4-3-5-13(14)2/h12-14H,3-11H2,1-2H3,(H2,17,18,20,21). The van der Waals surface area contributed by atoms with Gasteiger partial charge in [-0.15, -0.1) is 0 Å². The summed E-state index contributed by atoms with van der Waals surface area (Å²) < 4.78 is 0. The quantitative estimate of drug-likeness (QED) is 0.838. The molecule has 0 spiro atoms. The number of nitrogens with one attached hydrogen (secondary N) is 2. The van der Waals surface area contributed by atoms with Gasteiger partial charge in [0.05, 0.1) is 6.54 Å².